The highest BCUT2D eigenvalue weighted by Crippen LogP contribution is 2.63. The van der Waals surface area contributed by atoms with Gasteiger partial charge in [-0.15, -0.1) is 0 Å². The van der Waals surface area contributed by atoms with Crippen LogP contribution in [-0.2, 0) is 14.4 Å². The second-order valence-corrected chi connectivity index (χ2v) is 7.80. The van der Waals surface area contributed by atoms with Gasteiger partial charge in [0.1, 0.15) is 5.41 Å². The maximum absolute atomic E-state index is 13.0. The molecule has 0 aliphatic heterocycles. The Morgan fingerprint density at radius 3 is 2.29 bits per heavy atom. The van der Waals surface area contributed by atoms with Gasteiger partial charge in [0.25, 0.3) is 0 Å². The Morgan fingerprint density at radius 2 is 1.71 bits per heavy atom. The fourth-order valence-corrected chi connectivity index (χ4v) is 4.76. The Morgan fingerprint density at radius 1 is 1.08 bits per heavy atom. The molecule has 4 heteroatoms. The number of hydrogen-bond acceptors (Lipinski definition) is 4. The first-order valence-electron chi connectivity index (χ1n) is 8.33. The largest absolute Gasteiger partial charge is 0.504 e. The number of Topliss-reactive ketones (excluding diaryl/α,β-unsaturated/α-hetero) is 3. The third-order valence-corrected chi connectivity index (χ3v) is 6.55. The first-order chi connectivity index (χ1) is 11.2. The van der Waals surface area contributed by atoms with Crippen LogP contribution in [0.2, 0.25) is 0 Å². The molecule has 1 spiro atoms. The van der Waals surface area contributed by atoms with Crippen LogP contribution in [0.3, 0.4) is 0 Å². The summed E-state index contributed by atoms with van der Waals surface area (Å²) in [5.74, 6) is -1.03. The summed E-state index contributed by atoms with van der Waals surface area (Å²) < 4.78 is 0. The predicted molar refractivity (Wildman–Crippen MR) is 88.2 cm³/mol. The zero-order chi connectivity index (χ0) is 17.6. The van der Waals surface area contributed by atoms with Gasteiger partial charge in [0, 0.05) is 23.0 Å². The van der Waals surface area contributed by atoms with Gasteiger partial charge in [-0.1, -0.05) is 26.0 Å². The van der Waals surface area contributed by atoms with Crippen molar-refractivity contribution in [3.8, 4) is 0 Å². The number of allylic oxidation sites excluding steroid dienone is 8. The zero-order valence-electron chi connectivity index (χ0n) is 14.3. The van der Waals surface area contributed by atoms with Crippen molar-refractivity contribution in [2.24, 2.45) is 16.7 Å². The summed E-state index contributed by atoms with van der Waals surface area (Å²) in [4.78, 5) is 38.2. The van der Waals surface area contributed by atoms with Gasteiger partial charge in [-0.3, -0.25) is 14.4 Å². The minimum atomic E-state index is -1.07. The Balaban J connectivity index is 2.01. The monoisotopic (exact) mass is 324 g/mol. The van der Waals surface area contributed by atoms with Crippen LogP contribution < -0.4 is 0 Å². The van der Waals surface area contributed by atoms with Crippen LogP contribution in [0.5, 0.6) is 0 Å². The standard InChI is InChI=1S/C20H20O4/c1-9-7-20(9)17(23)12-5-6-13-10(2)11(3)14(21)8-19(13,4)15(12)16(22)18(20)24/h5-6,9,22H,7-8H2,1-4H3/t9?,19-,20+/m0/s1. The van der Waals surface area contributed by atoms with Crippen molar-refractivity contribution in [2.45, 2.75) is 40.5 Å². The van der Waals surface area contributed by atoms with E-state index in [9.17, 15) is 19.5 Å². The van der Waals surface area contributed by atoms with Crippen molar-refractivity contribution in [1.29, 1.82) is 0 Å². The average Bonchev–Trinajstić information content (AvgIpc) is 3.20. The molecule has 24 heavy (non-hydrogen) atoms. The minimum absolute atomic E-state index is 0.00586. The number of rotatable bonds is 0. The van der Waals surface area contributed by atoms with E-state index < -0.39 is 16.6 Å². The van der Waals surface area contributed by atoms with E-state index in [-0.39, 0.29) is 29.7 Å². The molecule has 0 saturated heterocycles. The van der Waals surface area contributed by atoms with Crippen molar-refractivity contribution >= 4 is 17.3 Å². The number of hydrogen-bond donors (Lipinski definition) is 1. The Bertz CT molecular complexity index is 879. The lowest BCUT2D eigenvalue weighted by Crippen LogP contribution is -2.43. The van der Waals surface area contributed by atoms with Crippen LogP contribution >= 0.6 is 0 Å². The topological polar surface area (TPSA) is 71.4 Å². The summed E-state index contributed by atoms with van der Waals surface area (Å²) in [5.41, 5.74) is 1.34. The highest BCUT2D eigenvalue weighted by atomic mass is 16.3. The Kier molecular flexibility index (Phi) is 2.70. The van der Waals surface area contributed by atoms with Gasteiger partial charge in [-0.25, -0.2) is 0 Å². The van der Waals surface area contributed by atoms with Crippen molar-refractivity contribution in [1.82, 2.24) is 0 Å². The highest BCUT2D eigenvalue weighted by molar-refractivity contribution is 6.27. The highest BCUT2D eigenvalue weighted by Gasteiger charge is 2.68. The van der Waals surface area contributed by atoms with Gasteiger partial charge in [-0.2, -0.15) is 0 Å². The van der Waals surface area contributed by atoms with Crippen molar-refractivity contribution in [2.75, 3.05) is 0 Å². The maximum atomic E-state index is 13.0. The number of aliphatic hydroxyl groups is 1. The quantitative estimate of drug-likeness (QED) is 0.695. The lowest BCUT2D eigenvalue weighted by molar-refractivity contribution is -0.134. The molecule has 0 radical (unpaired) electrons. The maximum Gasteiger partial charge on any atom is 0.211 e. The van der Waals surface area contributed by atoms with Gasteiger partial charge in [0.05, 0.1) is 0 Å². The molecule has 0 amide bonds. The molecule has 1 fully saturated rings. The smallest absolute Gasteiger partial charge is 0.211 e. The molecule has 4 aliphatic carbocycles. The second kappa shape index (κ2) is 4.24. The summed E-state index contributed by atoms with van der Waals surface area (Å²) in [7, 11) is 0. The normalized spacial score (nSPS) is 38.2. The first-order valence-corrected chi connectivity index (χ1v) is 8.33. The summed E-state index contributed by atoms with van der Waals surface area (Å²) >= 11 is 0. The van der Waals surface area contributed by atoms with Crippen molar-refractivity contribution in [3.63, 3.8) is 0 Å². The summed E-state index contributed by atoms with van der Waals surface area (Å²) in [6.07, 6.45) is 4.26. The van der Waals surface area contributed by atoms with Crippen LogP contribution in [0.4, 0.5) is 0 Å². The molecule has 1 saturated carbocycles. The third kappa shape index (κ3) is 1.47. The van der Waals surface area contributed by atoms with E-state index in [4.69, 9.17) is 0 Å². The molecule has 0 aromatic rings. The number of carbonyl (C=O) groups excluding carboxylic acids is 3. The number of carbonyl (C=O) groups is 3. The van der Waals surface area contributed by atoms with E-state index in [0.29, 0.717) is 23.1 Å². The van der Waals surface area contributed by atoms with E-state index >= 15 is 0 Å². The van der Waals surface area contributed by atoms with Crippen molar-refractivity contribution < 1.29 is 19.5 Å². The molecule has 4 nitrogen and oxygen atoms in total. The lowest BCUT2D eigenvalue weighted by Gasteiger charge is -2.43. The first kappa shape index (κ1) is 15.3. The van der Waals surface area contributed by atoms with Crippen LogP contribution in [0, 0.1) is 16.7 Å². The van der Waals surface area contributed by atoms with Crippen LogP contribution in [0.1, 0.15) is 40.5 Å². The molecule has 1 unspecified atom stereocenters. The number of fused-ring (bicyclic) bond motifs is 3. The van der Waals surface area contributed by atoms with Crippen molar-refractivity contribution in [3.05, 3.63) is 45.8 Å². The second-order valence-electron chi connectivity index (χ2n) is 7.80. The molecular weight excluding hydrogens is 304 g/mol. The Hall–Kier alpha value is -2.23. The van der Waals surface area contributed by atoms with Gasteiger partial charge < -0.3 is 5.11 Å². The number of aliphatic hydroxyl groups excluding tert-OH is 1. The van der Waals surface area contributed by atoms with Gasteiger partial charge >= 0.3 is 0 Å². The third-order valence-electron chi connectivity index (χ3n) is 6.55. The summed E-state index contributed by atoms with van der Waals surface area (Å²) in [6, 6.07) is 0. The lowest BCUT2D eigenvalue weighted by atomic mass is 9.58. The van der Waals surface area contributed by atoms with E-state index in [1.165, 1.54) is 0 Å². The number of ketones is 3. The molecule has 0 bridgehead atoms. The van der Waals surface area contributed by atoms with Gasteiger partial charge in [-0.05, 0) is 42.9 Å². The van der Waals surface area contributed by atoms with E-state index in [0.717, 1.165) is 11.1 Å². The SMILES string of the molecule is CC1=C(C)C2=CC=C3C(=O)[C@]4(CC4C)C(=O)C(O)=C3[C@@]2(C)CC1=O. The molecule has 4 aliphatic rings. The molecule has 0 aromatic carbocycles. The molecular formula is C20H20O4. The fraction of sp³-hybridized carbons (Fsp3) is 0.450. The molecule has 1 N–H and O–H groups in total. The predicted octanol–water partition coefficient (Wildman–Crippen LogP) is 3.16. The fourth-order valence-electron chi connectivity index (χ4n) is 4.76. The molecule has 124 valence electrons. The molecule has 0 heterocycles. The van der Waals surface area contributed by atoms with Gasteiger partial charge in [0.15, 0.2) is 17.3 Å². The van der Waals surface area contributed by atoms with E-state index in [1.54, 1.807) is 13.0 Å². The Labute approximate surface area is 140 Å². The molecule has 4 rings (SSSR count). The van der Waals surface area contributed by atoms with E-state index in [2.05, 4.69) is 0 Å². The molecule has 3 atom stereocenters. The van der Waals surface area contributed by atoms with Crippen LogP contribution in [0.25, 0.3) is 0 Å². The average molecular weight is 324 g/mol. The van der Waals surface area contributed by atoms with Crippen LogP contribution in [0.15, 0.2) is 45.8 Å². The summed E-state index contributed by atoms with van der Waals surface area (Å²) in [6.45, 7) is 7.38. The van der Waals surface area contributed by atoms with E-state index in [1.807, 2.05) is 26.8 Å². The van der Waals surface area contributed by atoms with Crippen LogP contribution in [-0.4, -0.2) is 22.5 Å². The van der Waals surface area contributed by atoms with Gasteiger partial charge in [0.2, 0.25) is 5.78 Å². The summed E-state index contributed by atoms with van der Waals surface area (Å²) in [5, 5.41) is 10.7. The zero-order valence-corrected chi connectivity index (χ0v) is 14.3. The minimum Gasteiger partial charge on any atom is -0.504 e. The molecule has 0 aromatic heterocycles.